The predicted molar refractivity (Wildman–Crippen MR) is 96.0 cm³/mol. The van der Waals surface area contributed by atoms with Gasteiger partial charge in [0.2, 0.25) is 0 Å². The van der Waals surface area contributed by atoms with Crippen LogP contribution in [0.5, 0.6) is 0 Å². The van der Waals surface area contributed by atoms with Crippen molar-refractivity contribution < 1.29 is 0 Å². The van der Waals surface area contributed by atoms with Crippen LogP contribution < -0.4 is 0 Å². The highest BCUT2D eigenvalue weighted by molar-refractivity contribution is 5.14. The SMILES string of the molecule is C=C1CCN(C2CCN(Cc3ccccc3)CC2)CC1.CC. The van der Waals surface area contributed by atoms with Gasteiger partial charge >= 0.3 is 0 Å². The van der Waals surface area contributed by atoms with Crippen molar-refractivity contribution in [2.75, 3.05) is 26.2 Å². The van der Waals surface area contributed by atoms with Crippen molar-refractivity contribution in [3.8, 4) is 0 Å². The average Bonchev–Trinajstić information content (AvgIpc) is 2.59. The zero-order chi connectivity index (χ0) is 15.8. The van der Waals surface area contributed by atoms with Crippen molar-refractivity contribution in [3.63, 3.8) is 0 Å². The molecule has 0 N–H and O–H groups in total. The number of benzene rings is 1. The Bertz CT molecular complexity index is 422. The molecule has 0 unspecified atom stereocenters. The molecule has 22 heavy (non-hydrogen) atoms. The fourth-order valence-electron chi connectivity index (χ4n) is 3.49. The minimum atomic E-state index is 0.815. The van der Waals surface area contributed by atoms with E-state index in [4.69, 9.17) is 0 Å². The lowest BCUT2D eigenvalue weighted by Gasteiger charge is -2.40. The number of nitrogens with zero attached hydrogens (tertiary/aromatic N) is 2. The molecule has 2 saturated heterocycles. The lowest BCUT2D eigenvalue weighted by atomic mass is 9.98. The molecule has 0 amide bonds. The second-order valence-electron chi connectivity index (χ2n) is 6.28. The van der Waals surface area contributed by atoms with Crippen LogP contribution in [0, 0.1) is 0 Å². The smallest absolute Gasteiger partial charge is 0.0233 e. The molecule has 0 bridgehead atoms. The monoisotopic (exact) mass is 300 g/mol. The van der Waals surface area contributed by atoms with E-state index in [9.17, 15) is 0 Å². The molecule has 0 atom stereocenters. The maximum atomic E-state index is 4.12. The normalized spacial score (nSPS) is 21.3. The lowest BCUT2D eigenvalue weighted by molar-refractivity contribution is 0.0985. The molecule has 0 aromatic heterocycles. The third-order valence-corrected chi connectivity index (χ3v) is 4.83. The van der Waals surface area contributed by atoms with E-state index in [1.807, 2.05) is 13.8 Å². The van der Waals surface area contributed by atoms with E-state index < -0.39 is 0 Å². The van der Waals surface area contributed by atoms with Gasteiger partial charge in [0.15, 0.2) is 0 Å². The summed E-state index contributed by atoms with van der Waals surface area (Å²) in [7, 11) is 0. The van der Waals surface area contributed by atoms with Crippen LogP contribution in [-0.2, 0) is 6.54 Å². The van der Waals surface area contributed by atoms with Crippen LogP contribution in [0.3, 0.4) is 0 Å². The molecule has 1 aromatic rings. The zero-order valence-corrected chi connectivity index (χ0v) is 14.4. The van der Waals surface area contributed by atoms with Gasteiger partial charge in [-0.15, -0.1) is 0 Å². The first kappa shape index (κ1) is 17.2. The summed E-state index contributed by atoms with van der Waals surface area (Å²) in [4.78, 5) is 5.31. The Kier molecular flexibility index (Phi) is 7.14. The van der Waals surface area contributed by atoms with E-state index >= 15 is 0 Å². The Morgan fingerprint density at radius 3 is 2.14 bits per heavy atom. The Morgan fingerprint density at radius 1 is 0.955 bits per heavy atom. The van der Waals surface area contributed by atoms with Crippen LogP contribution in [0.15, 0.2) is 42.5 Å². The molecular formula is C20H32N2. The quantitative estimate of drug-likeness (QED) is 0.767. The Balaban J connectivity index is 0.000000847. The molecule has 0 radical (unpaired) electrons. The molecule has 0 saturated carbocycles. The van der Waals surface area contributed by atoms with Gasteiger partial charge in [-0.05, 0) is 44.3 Å². The van der Waals surface area contributed by atoms with Crippen molar-refractivity contribution in [2.45, 2.75) is 52.1 Å². The summed E-state index contributed by atoms with van der Waals surface area (Å²) in [6.45, 7) is 14.2. The van der Waals surface area contributed by atoms with Crippen LogP contribution in [0.25, 0.3) is 0 Å². The van der Waals surface area contributed by atoms with Gasteiger partial charge in [-0.25, -0.2) is 0 Å². The topological polar surface area (TPSA) is 6.48 Å². The molecule has 1 aromatic carbocycles. The molecule has 2 heterocycles. The lowest BCUT2D eigenvalue weighted by Crippen LogP contribution is -2.46. The Morgan fingerprint density at radius 2 is 1.55 bits per heavy atom. The van der Waals surface area contributed by atoms with Gasteiger partial charge in [0.05, 0.1) is 0 Å². The van der Waals surface area contributed by atoms with Gasteiger partial charge in [-0.3, -0.25) is 9.80 Å². The molecule has 122 valence electrons. The Hall–Kier alpha value is -1.12. The summed E-state index contributed by atoms with van der Waals surface area (Å²) in [5.41, 5.74) is 2.89. The molecule has 0 aliphatic carbocycles. The maximum absolute atomic E-state index is 4.12. The van der Waals surface area contributed by atoms with E-state index in [1.54, 1.807) is 0 Å². The maximum Gasteiger partial charge on any atom is 0.0233 e. The third-order valence-electron chi connectivity index (χ3n) is 4.83. The number of rotatable bonds is 3. The van der Waals surface area contributed by atoms with Crippen molar-refractivity contribution in [1.82, 2.24) is 9.80 Å². The van der Waals surface area contributed by atoms with Crippen LogP contribution in [-0.4, -0.2) is 42.0 Å². The highest BCUT2D eigenvalue weighted by Gasteiger charge is 2.25. The molecule has 2 fully saturated rings. The standard InChI is InChI=1S/C18H26N2.C2H6/c1-16-7-13-20(14-8-16)18-9-11-19(12-10-18)15-17-5-3-2-4-6-17;1-2/h2-6,18H,1,7-15H2;1-2H3. The first-order valence-corrected chi connectivity index (χ1v) is 8.98. The summed E-state index contributed by atoms with van der Waals surface area (Å²) >= 11 is 0. The van der Waals surface area contributed by atoms with E-state index in [2.05, 4.69) is 46.7 Å². The van der Waals surface area contributed by atoms with Crippen LogP contribution in [0.2, 0.25) is 0 Å². The Labute approximate surface area is 136 Å². The van der Waals surface area contributed by atoms with Crippen molar-refractivity contribution in [1.29, 1.82) is 0 Å². The van der Waals surface area contributed by atoms with E-state index in [-0.39, 0.29) is 0 Å². The van der Waals surface area contributed by atoms with E-state index in [0.717, 1.165) is 12.6 Å². The van der Waals surface area contributed by atoms with E-state index in [1.165, 1.54) is 63.0 Å². The van der Waals surface area contributed by atoms with Crippen LogP contribution in [0.4, 0.5) is 0 Å². The third kappa shape index (κ3) is 4.96. The van der Waals surface area contributed by atoms with Gasteiger partial charge in [0.25, 0.3) is 0 Å². The van der Waals surface area contributed by atoms with Crippen LogP contribution in [0.1, 0.15) is 45.1 Å². The second kappa shape index (κ2) is 9.12. The summed E-state index contributed by atoms with van der Waals surface area (Å²) < 4.78 is 0. The first-order valence-electron chi connectivity index (χ1n) is 8.98. The zero-order valence-electron chi connectivity index (χ0n) is 14.4. The molecular weight excluding hydrogens is 268 g/mol. The minimum absolute atomic E-state index is 0.815. The first-order chi connectivity index (χ1) is 10.8. The highest BCUT2D eigenvalue weighted by atomic mass is 15.2. The van der Waals surface area contributed by atoms with Crippen molar-refractivity contribution >= 4 is 0 Å². The van der Waals surface area contributed by atoms with E-state index in [0.29, 0.717) is 0 Å². The second-order valence-corrected chi connectivity index (χ2v) is 6.28. The van der Waals surface area contributed by atoms with Crippen LogP contribution >= 0.6 is 0 Å². The molecule has 3 rings (SSSR count). The fourth-order valence-corrected chi connectivity index (χ4v) is 3.49. The largest absolute Gasteiger partial charge is 0.300 e. The number of likely N-dealkylation sites (tertiary alicyclic amines) is 2. The minimum Gasteiger partial charge on any atom is -0.300 e. The summed E-state index contributed by atoms with van der Waals surface area (Å²) in [5.74, 6) is 0. The van der Waals surface area contributed by atoms with Gasteiger partial charge in [0.1, 0.15) is 0 Å². The van der Waals surface area contributed by atoms with Gasteiger partial charge < -0.3 is 0 Å². The molecule has 2 aliphatic rings. The number of hydrogen-bond donors (Lipinski definition) is 0. The molecule has 2 aliphatic heterocycles. The summed E-state index contributed by atoms with van der Waals surface area (Å²) in [6.07, 6.45) is 5.09. The van der Waals surface area contributed by atoms with Gasteiger partial charge in [-0.2, -0.15) is 0 Å². The number of hydrogen-bond acceptors (Lipinski definition) is 2. The van der Waals surface area contributed by atoms with Crippen molar-refractivity contribution in [3.05, 3.63) is 48.0 Å². The molecule has 2 heteroatoms. The highest BCUT2D eigenvalue weighted by Crippen LogP contribution is 2.23. The summed E-state index contributed by atoms with van der Waals surface area (Å²) in [5, 5.41) is 0. The van der Waals surface area contributed by atoms with Crippen molar-refractivity contribution in [2.24, 2.45) is 0 Å². The average molecular weight is 300 g/mol. The molecule has 2 nitrogen and oxygen atoms in total. The number of piperidine rings is 2. The summed E-state index contributed by atoms with van der Waals surface area (Å²) in [6, 6.07) is 11.7. The molecule has 0 spiro atoms. The van der Waals surface area contributed by atoms with Gasteiger partial charge in [0, 0.05) is 25.7 Å². The predicted octanol–water partition coefficient (Wildman–Crippen LogP) is 4.33. The van der Waals surface area contributed by atoms with Gasteiger partial charge in [-0.1, -0.05) is 56.3 Å². The fraction of sp³-hybridized carbons (Fsp3) is 0.600.